The third-order valence-corrected chi connectivity index (χ3v) is 4.99. The second-order valence-corrected chi connectivity index (χ2v) is 6.39. The van der Waals surface area contributed by atoms with Gasteiger partial charge in [0.05, 0.1) is 16.1 Å². The molecule has 0 aromatic heterocycles. The Labute approximate surface area is 134 Å². The number of carbonyl (C=O) groups is 1. The molecule has 1 amide bonds. The van der Waals surface area contributed by atoms with E-state index >= 15 is 0 Å². The standard InChI is InChI=1S/C17H15Cl2NO/c1-17(12-8-5-9-13(18)15(12)19)10-14(21)20-16(17)11-6-3-2-4-7-11/h2-9,16H,10H2,1H3,(H,20,21). The highest BCUT2D eigenvalue weighted by Gasteiger charge is 2.46. The summed E-state index contributed by atoms with van der Waals surface area (Å²) >= 11 is 12.5. The van der Waals surface area contributed by atoms with Crippen LogP contribution >= 0.6 is 23.2 Å². The van der Waals surface area contributed by atoms with Crippen LogP contribution in [0.4, 0.5) is 0 Å². The summed E-state index contributed by atoms with van der Waals surface area (Å²) in [6, 6.07) is 15.4. The Balaban J connectivity index is 2.13. The van der Waals surface area contributed by atoms with Gasteiger partial charge in [0.1, 0.15) is 0 Å². The van der Waals surface area contributed by atoms with Crippen LogP contribution in [-0.4, -0.2) is 5.91 Å². The van der Waals surface area contributed by atoms with Crippen molar-refractivity contribution in [1.82, 2.24) is 5.32 Å². The van der Waals surface area contributed by atoms with Crippen LogP contribution in [0.1, 0.15) is 30.5 Å². The molecule has 0 spiro atoms. The highest BCUT2D eigenvalue weighted by molar-refractivity contribution is 6.42. The first-order valence-electron chi connectivity index (χ1n) is 6.81. The van der Waals surface area contributed by atoms with Gasteiger partial charge in [0.2, 0.25) is 5.91 Å². The SMILES string of the molecule is CC1(c2cccc(Cl)c2Cl)CC(=O)NC1c1ccccc1. The number of carbonyl (C=O) groups excluding carboxylic acids is 1. The Morgan fingerprint density at radius 2 is 1.81 bits per heavy atom. The molecular formula is C17H15Cl2NO. The monoisotopic (exact) mass is 319 g/mol. The molecule has 2 nitrogen and oxygen atoms in total. The molecule has 1 N–H and O–H groups in total. The summed E-state index contributed by atoms with van der Waals surface area (Å²) in [5.41, 5.74) is 1.56. The van der Waals surface area contributed by atoms with E-state index in [9.17, 15) is 4.79 Å². The molecule has 3 rings (SSSR count). The topological polar surface area (TPSA) is 29.1 Å². The Hall–Kier alpha value is -1.51. The number of halogens is 2. The molecule has 1 aliphatic rings. The van der Waals surface area contributed by atoms with E-state index in [0.29, 0.717) is 16.5 Å². The molecule has 108 valence electrons. The molecule has 0 saturated carbocycles. The van der Waals surface area contributed by atoms with Gasteiger partial charge in [-0.3, -0.25) is 4.79 Å². The average molecular weight is 320 g/mol. The zero-order valence-electron chi connectivity index (χ0n) is 11.6. The molecule has 0 aliphatic carbocycles. The van der Waals surface area contributed by atoms with E-state index in [1.807, 2.05) is 42.5 Å². The fraction of sp³-hybridized carbons (Fsp3) is 0.235. The molecule has 2 aromatic carbocycles. The average Bonchev–Trinajstić information content (AvgIpc) is 2.79. The smallest absolute Gasteiger partial charge is 0.221 e. The summed E-state index contributed by atoms with van der Waals surface area (Å²) in [5, 5.41) is 4.11. The maximum absolute atomic E-state index is 12.0. The highest BCUT2D eigenvalue weighted by atomic mass is 35.5. The van der Waals surface area contributed by atoms with E-state index in [1.165, 1.54) is 0 Å². The van der Waals surface area contributed by atoms with Gasteiger partial charge in [0, 0.05) is 11.8 Å². The Morgan fingerprint density at radius 1 is 1.10 bits per heavy atom. The van der Waals surface area contributed by atoms with Crippen LogP contribution in [0.15, 0.2) is 48.5 Å². The van der Waals surface area contributed by atoms with Crippen molar-refractivity contribution < 1.29 is 4.79 Å². The molecular weight excluding hydrogens is 305 g/mol. The maximum Gasteiger partial charge on any atom is 0.221 e. The lowest BCUT2D eigenvalue weighted by Gasteiger charge is -2.32. The Bertz CT molecular complexity index is 686. The summed E-state index contributed by atoms with van der Waals surface area (Å²) < 4.78 is 0. The number of benzene rings is 2. The second-order valence-electron chi connectivity index (χ2n) is 5.61. The van der Waals surface area contributed by atoms with Crippen molar-refractivity contribution in [3.63, 3.8) is 0 Å². The van der Waals surface area contributed by atoms with E-state index in [1.54, 1.807) is 6.07 Å². The molecule has 0 bridgehead atoms. The van der Waals surface area contributed by atoms with Crippen LogP contribution in [0.3, 0.4) is 0 Å². The fourth-order valence-corrected chi connectivity index (χ4v) is 3.62. The van der Waals surface area contributed by atoms with Gasteiger partial charge in [0.15, 0.2) is 0 Å². The zero-order valence-corrected chi connectivity index (χ0v) is 13.1. The van der Waals surface area contributed by atoms with Gasteiger partial charge >= 0.3 is 0 Å². The molecule has 1 saturated heterocycles. The first-order valence-corrected chi connectivity index (χ1v) is 7.57. The molecule has 21 heavy (non-hydrogen) atoms. The maximum atomic E-state index is 12.0. The lowest BCUT2D eigenvalue weighted by molar-refractivity contribution is -0.119. The zero-order chi connectivity index (χ0) is 15.0. The van der Waals surface area contributed by atoms with Gasteiger partial charge in [-0.2, -0.15) is 0 Å². The normalized spacial score (nSPS) is 24.9. The van der Waals surface area contributed by atoms with Crippen LogP contribution < -0.4 is 5.32 Å². The van der Waals surface area contributed by atoms with E-state index in [4.69, 9.17) is 23.2 Å². The van der Waals surface area contributed by atoms with Gasteiger partial charge in [0.25, 0.3) is 0 Å². The highest BCUT2D eigenvalue weighted by Crippen LogP contribution is 2.47. The number of hydrogen-bond acceptors (Lipinski definition) is 1. The van der Waals surface area contributed by atoms with E-state index in [0.717, 1.165) is 11.1 Å². The van der Waals surface area contributed by atoms with Crippen LogP contribution in [0, 0.1) is 0 Å². The second kappa shape index (κ2) is 5.36. The Kier molecular flexibility index (Phi) is 3.68. The van der Waals surface area contributed by atoms with Gasteiger partial charge < -0.3 is 5.32 Å². The van der Waals surface area contributed by atoms with Crippen molar-refractivity contribution in [1.29, 1.82) is 0 Å². The summed E-state index contributed by atoms with van der Waals surface area (Å²) in [5.74, 6) is 0.0300. The molecule has 1 aliphatic heterocycles. The van der Waals surface area contributed by atoms with Crippen molar-refractivity contribution in [3.8, 4) is 0 Å². The van der Waals surface area contributed by atoms with E-state index < -0.39 is 5.41 Å². The van der Waals surface area contributed by atoms with Gasteiger partial charge in [-0.1, -0.05) is 72.6 Å². The van der Waals surface area contributed by atoms with Crippen molar-refractivity contribution >= 4 is 29.1 Å². The number of hydrogen-bond donors (Lipinski definition) is 1. The lowest BCUT2D eigenvalue weighted by Crippen LogP contribution is -2.30. The van der Waals surface area contributed by atoms with Crippen molar-refractivity contribution in [2.24, 2.45) is 0 Å². The predicted octanol–water partition coefficient (Wildman–Crippen LogP) is 4.51. The quantitative estimate of drug-likeness (QED) is 0.866. The first-order chi connectivity index (χ1) is 10.0. The van der Waals surface area contributed by atoms with E-state index in [-0.39, 0.29) is 11.9 Å². The van der Waals surface area contributed by atoms with Gasteiger partial charge in [-0.05, 0) is 17.2 Å². The molecule has 2 atom stereocenters. The number of nitrogens with one attached hydrogen (secondary N) is 1. The summed E-state index contributed by atoms with van der Waals surface area (Å²) in [7, 11) is 0. The van der Waals surface area contributed by atoms with Crippen molar-refractivity contribution in [2.45, 2.75) is 24.8 Å². The van der Waals surface area contributed by atoms with Gasteiger partial charge in [-0.15, -0.1) is 0 Å². The lowest BCUT2D eigenvalue weighted by atomic mass is 9.73. The third kappa shape index (κ3) is 2.43. The van der Waals surface area contributed by atoms with Gasteiger partial charge in [-0.25, -0.2) is 0 Å². The van der Waals surface area contributed by atoms with Crippen molar-refractivity contribution in [3.05, 3.63) is 69.7 Å². The molecule has 2 unspecified atom stereocenters. The minimum atomic E-state index is -0.416. The molecule has 1 heterocycles. The van der Waals surface area contributed by atoms with Crippen molar-refractivity contribution in [2.75, 3.05) is 0 Å². The molecule has 1 fully saturated rings. The first kappa shape index (κ1) is 14.4. The fourth-order valence-electron chi connectivity index (χ4n) is 3.10. The number of amides is 1. The largest absolute Gasteiger partial charge is 0.348 e. The summed E-state index contributed by atoms with van der Waals surface area (Å²) in [6.45, 7) is 2.06. The minimum absolute atomic E-state index is 0.0300. The van der Waals surface area contributed by atoms with E-state index in [2.05, 4.69) is 12.2 Å². The minimum Gasteiger partial charge on any atom is -0.348 e. The van der Waals surface area contributed by atoms with Crippen LogP contribution in [0.25, 0.3) is 0 Å². The van der Waals surface area contributed by atoms with Crippen LogP contribution in [-0.2, 0) is 10.2 Å². The molecule has 2 aromatic rings. The Morgan fingerprint density at radius 3 is 2.52 bits per heavy atom. The van der Waals surface area contributed by atoms with Crippen LogP contribution in [0.2, 0.25) is 10.0 Å². The van der Waals surface area contributed by atoms with Crippen LogP contribution in [0.5, 0.6) is 0 Å². The summed E-state index contributed by atoms with van der Waals surface area (Å²) in [4.78, 5) is 12.0. The summed E-state index contributed by atoms with van der Waals surface area (Å²) in [6.07, 6.45) is 0.395. The predicted molar refractivity (Wildman–Crippen MR) is 85.8 cm³/mol. The third-order valence-electron chi connectivity index (χ3n) is 4.17. The molecule has 0 radical (unpaired) electrons. The molecule has 4 heteroatoms. The number of rotatable bonds is 2.